The van der Waals surface area contributed by atoms with E-state index in [2.05, 4.69) is 21.5 Å². The number of pyridine rings is 1. The molecule has 1 N–H and O–H groups in total. The summed E-state index contributed by atoms with van der Waals surface area (Å²) in [5, 5.41) is 0. The fourth-order valence-electron chi connectivity index (χ4n) is 2.44. The summed E-state index contributed by atoms with van der Waals surface area (Å²) >= 11 is 0. The third-order valence-corrected chi connectivity index (χ3v) is 5.27. The second-order valence-corrected chi connectivity index (χ2v) is 7.69. The van der Waals surface area contributed by atoms with Gasteiger partial charge in [-0.25, -0.2) is 13.4 Å². The van der Waals surface area contributed by atoms with Crippen molar-refractivity contribution in [2.24, 2.45) is 5.92 Å². The van der Waals surface area contributed by atoms with Crippen molar-refractivity contribution in [1.29, 1.82) is 0 Å². The molecular formula is C15H25N3O2S. The fraction of sp³-hybridized carbons (Fsp3) is 0.667. The maximum absolute atomic E-state index is 11.8. The second kappa shape index (κ2) is 7.11. The summed E-state index contributed by atoms with van der Waals surface area (Å²) in [7, 11) is -3.27. The number of aromatic nitrogens is 1. The maximum atomic E-state index is 11.8. The van der Waals surface area contributed by atoms with E-state index in [0.717, 1.165) is 31.1 Å². The Morgan fingerprint density at radius 1 is 1.33 bits per heavy atom. The summed E-state index contributed by atoms with van der Waals surface area (Å²) in [6.07, 6.45) is 5.69. The van der Waals surface area contributed by atoms with Crippen LogP contribution in [-0.2, 0) is 10.0 Å². The Labute approximate surface area is 127 Å². The number of hydrogen-bond donors (Lipinski definition) is 1. The lowest BCUT2D eigenvalue weighted by atomic mass is 9.99. The SMILES string of the molecule is CCCCS(=O)(=O)Nc1ccc(N2CCC(C)CC2)cn1. The molecule has 0 atom stereocenters. The summed E-state index contributed by atoms with van der Waals surface area (Å²) < 4.78 is 26.2. The molecule has 6 heteroatoms. The van der Waals surface area contributed by atoms with Crippen molar-refractivity contribution in [3.05, 3.63) is 18.3 Å². The molecule has 21 heavy (non-hydrogen) atoms. The predicted molar refractivity (Wildman–Crippen MR) is 87.2 cm³/mol. The Morgan fingerprint density at radius 2 is 2.05 bits per heavy atom. The zero-order valence-corrected chi connectivity index (χ0v) is 13.7. The maximum Gasteiger partial charge on any atom is 0.233 e. The topological polar surface area (TPSA) is 62.3 Å². The van der Waals surface area contributed by atoms with Crippen LogP contribution in [0.3, 0.4) is 0 Å². The summed E-state index contributed by atoms with van der Waals surface area (Å²) in [5.74, 6) is 1.34. The van der Waals surface area contributed by atoms with Gasteiger partial charge < -0.3 is 4.90 Å². The number of sulfonamides is 1. The number of anilines is 2. The van der Waals surface area contributed by atoms with Crippen LogP contribution >= 0.6 is 0 Å². The second-order valence-electron chi connectivity index (χ2n) is 5.85. The number of unbranched alkanes of at least 4 members (excludes halogenated alkanes) is 1. The molecule has 2 heterocycles. The van der Waals surface area contributed by atoms with Crippen LogP contribution < -0.4 is 9.62 Å². The van der Waals surface area contributed by atoms with Crippen molar-refractivity contribution in [3.8, 4) is 0 Å². The number of nitrogens with one attached hydrogen (secondary N) is 1. The highest BCUT2D eigenvalue weighted by Crippen LogP contribution is 2.23. The number of rotatable bonds is 6. The van der Waals surface area contributed by atoms with Gasteiger partial charge in [-0.1, -0.05) is 20.3 Å². The van der Waals surface area contributed by atoms with Crippen LogP contribution in [0.1, 0.15) is 39.5 Å². The fourth-order valence-corrected chi connectivity index (χ4v) is 3.66. The van der Waals surface area contributed by atoms with Gasteiger partial charge in [0.1, 0.15) is 5.82 Å². The zero-order valence-electron chi connectivity index (χ0n) is 12.9. The molecule has 1 aromatic rings. The standard InChI is InChI=1S/C15H25N3O2S/c1-3-4-11-21(19,20)17-15-6-5-14(12-16-15)18-9-7-13(2)8-10-18/h5-6,12-13H,3-4,7-11H2,1-2H3,(H,16,17). The van der Waals surface area contributed by atoms with Crippen LogP contribution in [0.2, 0.25) is 0 Å². The number of piperidine rings is 1. The van der Waals surface area contributed by atoms with Crippen molar-refractivity contribution in [1.82, 2.24) is 4.98 Å². The summed E-state index contributed by atoms with van der Waals surface area (Å²) in [5.41, 5.74) is 1.07. The Balaban J connectivity index is 1.96. The Morgan fingerprint density at radius 3 is 2.62 bits per heavy atom. The highest BCUT2D eigenvalue weighted by Gasteiger charge is 2.16. The molecule has 0 radical (unpaired) electrons. The van der Waals surface area contributed by atoms with Crippen molar-refractivity contribution < 1.29 is 8.42 Å². The third kappa shape index (κ3) is 4.88. The van der Waals surface area contributed by atoms with Crippen LogP contribution in [0.4, 0.5) is 11.5 Å². The molecule has 1 aliphatic rings. The first kappa shape index (κ1) is 16.1. The lowest BCUT2D eigenvalue weighted by molar-refractivity contribution is 0.438. The van der Waals surface area contributed by atoms with E-state index >= 15 is 0 Å². The molecule has 1 aromatic heterocycles. The van der Waals surface area contributed by atoms with Crippen molar-refractivity contribution in [3.63, 3.8) is 0 Å². The van der Waals surface area contributed by atoms with Crippen LogP contribution in [0.25, 0.3) is 0 Å². The molecule has 1 aliphatic heterocycles. The average Bonchev–Trinajstić information content (AvgIpc) is 2.47. The third-order valence-electron chi connectivity index (χ3n) is 3.92. The zero-order chi connectivity index (χ0) is 15.3. The van der Waals surface area contributed by atoms with Gasteiger partial charge in [0.25, 0.3) is 0 Å². The summed E-state index contributed by atoms with van der Waals surface area (Å²) in [4.78, 5) is 6.54. The average molecular weight is 311 g/mol. The van der Waals surface area contributed by atoms with Crippen molar-refractivity contribution in [2.45, 2.75) is 39.5 Å². The normalized spacial score (nSPS) is 17.0. The first-order chi connectivity index (χ1) is 10.00. The van der Waals surface area contributed by atoms with Gasteiger partial charge >= 0.3 is 0 Å². The highest BCUT2D eigenvalue weighted by atomic mass is 32.2. The molecule has 2 rings (SSSR count). The Kier molecular flexibility index (Phi) is 5.45. The molecule has 1 saturated heterocycles. The van der Waals surface area contributed by atoms with E-state index in [1.54, 1.807) is 12.3 Å². The minimum absolute atomic E-state index is 0.150. The van der Waals surface area contributed by atoms with Crippen molar-refractivity contribution >= 4 is 21.5 Å². The van der Waals surface area contributed by atoms with Crippen LogP contribution in [0.5, 0.6) is 0 Å². The van der Waals surface area contributed by atoms with Gasteiger partial charge in [0.15, 0.2) is 0 Å². The smallest absolute Gasteiger partial charge is 0.233 e. The van der Waals surface area contributed by atoms with Gasteiger partial charge in [-0.05, 0) is 37.3 Å². The van der Waals surface area contributed by atoms with E-state index < -0.39 is 10.0 Å². The van der Waals surface area contributed by atoms with Gasteiger partial charge in [-0.3, -0.25) is 4.72 Å². The first-order valence-corrected chi connectivity index (χ1v) is 9.37. The first-order valence-electron chi connectivity index (χ1n) is 7.71. The molecule has 0 unspecified atom stereocenters. The molecular weight excluding hydrogens is 286 g/mol. The molecule has 0 amide bonds. The minimum Gasteiger partial charge on any atom is -0.370 e. The summed E-state index contributed by atoms with van der Waals surface area (Å²) in [6.45, 7) is 6.35. The lowest BCUT2D eigenvalue weighted by Gasteiger charge is -2.31. The minimum atomic E-state index is -3.27. The lowest BCUT2D eigenvalue weighted by Crippen LogP contribution is -2.32. The molecule has 0 aliphatic carbocycles. The van der Waals surface area contributed by atoms with Crippen molar-refractivity contribution in [2.75, 3.05) is 28.5 Å². The summed E-state index contributed by atoms with van der Waals surface area (Å²) in [6, 6.07) is 3.69. The van der Waals surface area contributed by atoms with Crippen LogP contribution in [-0.4, -0.2) is 32.2 Å². The molecule has 118 valence electrons. The van der Waals surface area contributed by atoms with Gasteiger partial charge in [-0.15, -0.1) is 0 Å². The quantitative estimate of drug-likeness (QED) is 0.877. The van der Waals surface area contributed by atoms with Crippen LogP contribution in [0.15, 0.2) is 18.3 Å². The number of nitrogens with zero attached hydrogens (tertiary/aromatic N) is 2. The van der Waals surface area contributed by atoms with E-state index in [1.807, 2.05) is 13.0 Å². The van der Waals surface area contributed by atoms with E-state index in [0.29, 0.717) is 12.2 Å². The molecule has 0 saturated carbocycles. The Hall–Kier alpha value is -1.30. The highest BCUT2D eigenvalue weighted by molar-refractivity contribution is 7.92. The molecule has 0 spiro atoms. The van der Waals surface area contributed by atoms with Gasteiger partial charge in [-0.2, -0.15) is 0 Å². The largest absolute Gasteiger partial charge is 0.370 e. The molecule has 0 aromatic carbocycles. The molecule has 0 bridgehead atoms. The van der Waals surface area contributed by atoms with Gasteiger partial charge in [0.05, 0.1) is 17.6 Å². The molecule has 1 fully saturated rings. The van der Waals surface area contributed by atoms with E-state index in [4.69, 9.17) is 0 Å². The predicted octanol–water partition coefficient (Wildman–Crippen LogP) is 2.86. The van der Waals surface area contributed by atoms with Gasteiger partial charge in [0.2, 0.25) is 10.0 Å². The van der Waals surface area contributed by atoms with E-state index in [1.165, 1.54) is 12.8 Å². The van der Waals surface area contributed by atoms with E-state index in [-0.39, 0.29) is 5.75 Å². The van der Waals surface area contributed by atoms with E-state index in [9.17, 15) is 8.42 Å². The molecule has 5 nitrogen and oxygen atoms in total. The van der Waals surface area contributed by atoms with Gasteiger partial charge in [0, 0.05) is 13.1 Å². The Bertz CT molecular complexity index is 535. The van der Waals surface area contributed by atoms with Crippen LogP contribution in [0, 0.1) is 5.92 Å². The number of hydrogen-bond acceptors (Lipinski definition) is 4. The monoisotopic (exact) mass is 311 g/mol.